The van der Waals surface area contributed by atoms with Gasteiger partial charge in [0.1, 0.15) is 0 Å². The Balaban J connectivity index is 1.90. The number of thiophene rings is 1. The van der Waals surface area contributed by atoms with Gasteiger partial charge < -0.3 is 16.6 Å². The standard InChI is InChI=1S/C17H23F2N2O3S/c18-17(19)6-3-10(4-7-17)13(16(21)24)9-11(22)1-2-14-12(15(20)23)5-8-25-14/h1,5,8,10-11,13,22H,2-4,6-7,9H2,(H2,20,23)(H2,21,24). The summed E-state index contributed by atoms with van der Waals surface area (Å²) in [6.07, 6.45) is 1.06. The molecule has 0 saturated heterocycles. The van der Waals surface area contributed by atoms with Crippen LogP contribution in [0.2, 0.25) is 0 Å². The zero-order valence-corrected chi connectivity index (χ0v) is 14.6. The van der Waals surface area contributed by atoms with E-state index < -0.39 is 29.8 Å². The number of primary amides is 2. The van der Waals surface area contributed by atoms with Crippen LogP contribution >= 0.6 is 11.3 Å². The van der Waals surface area contributed by atoms with E-state index in [0.717, 1.165) is 4.88 Å². The summed E-state index contributed by atoms with van der Waals surface area (Å²) < 4.78 is 26.6. The van der Waals surface area contributed by atoms with E-state index >= 15 is 0 Å². The van der Waals surface area contributed by atoms with Crippen LogP contribution in [0.15, 0.2) is 11.4 Å². The summed E-state index contributed by atoms with van der Waals surface area (Å²) in [5.41, 5.74) is 11.1. The largest absolute Gasteiger partial charge is 0.393 e. The fourth-order valence-corrected chi connectivity index (χ4v) is 4.18. The van der Waals surface area contributed by atoms with Gasteiger partial charge in [0.2, 0.25) is 17.7 Å². The highest BCUT2D eigenvalue weighted by Crippen LogP contribution is 2.40. The van der Waals surface area contributed by atoms with Crippen molar-refractivity contribution < 1.29 is 23.5 Å². The van der Waals surface area contributed by atoms with Crippen molar-refractivity contribution in [1.29, 1.82) is 0 Å². The molecular weight excluding hydrogens is 350 g/mol. The van der Waals surface area contributed by atoms with Gasteiger partial charge >= 0.3 is 0 Å². The van der Waals surface area contributed by atoms with E-state index in [0.29, 0.717) is 12.0 Å². The number of amides is 2. The lowest BCUT2D eigenvalue weighted by molar-refractivity contribution is -0.127. The average Bonchev–Trinajstić information content (AvgIpc) is 2.99. The average molecular weight is 373 g/mol. The molecular formula is C17H23F2N2O3S. The van der Waals surface area contributed by atoms with E-state index in [1.165, 1.54) is 11.3 Å². The van der Waals surface area contributed by atoms with Crippen molar-refractivity contribution in [2.24, 2.45) is 23.3 Å². The maximum Gasteiger partial charge on any atom is 0.249 e. The molecule has 2 unspecified atom stereocenters. The van der Waals surface area contributed by atoms with Crippen LogP contribution in [0.4, 0.5) is 8.78 Å². The molecule has 0 spiro atoms. The normalized spacial score (nSPS) is 20.1. The Morgan fingerprint density at radius 3 is 2.56 bits per heavy atom. The lowest BCUT2D eigenvalue weighted by Gasteiger charge is -2.33. The molecule has 0 aliphatic heterocycles. The van der Waals surface area contributed by atoms with Crippen molar-refractivity contribution in [3.63, 3.8) is 0 Å². The Kier molecular flexibility index (Phi) is 6.51. The second kappa shape index (κ2) is 8.23. The molecule has 2 rings (SSSR count). The molecule has 0 aromatic carbocycles. The first-order chi connectivity index (χ1) is 11.7. The summed E-state index contributed by atoms with van der Waals surface area (Å²) in [6.45, 7) is 0. The van der Waals surface area contributed by atoms with E-state index in [4.69, 9.17) is 11.5 Å². The predicted molar refractivity (Wildman–Crippen MR) is 91.1 cm³/mol. The smallest absolute Gasteiger partial charge is 0.249 e. The van der Waals surface area contributed by atoms with Crippen molar-refractivity contribution in [3.05, 3.63) is 28.3 Å². The van der Waals surface area contributed by atoms with Gasteiger partial charge in [-0.3, -0.25) is 9.59 Å². The molecule has 1 fully saturated rings. The number of halogens is 2. The zero-order chi connectivity index (χ0) is 18.6. The van der Waals surface area contributed by atoms with Gasteiger partial charge in [-0.1, -0.05) is 0 Å². The molecule has 2 amide bonds. The second-order valence-electron chi connectivity index (χ2n) is 6.57. The molecule has 1 radical (unpaired) electrons. The van der Waals surface area contributed by atoms with Crippen LogP contribution in [-0.2, 0) is 11.2 Å². The Hall–Kier alpha value is -1.54. The van der Waals surface area contributed by atoms with Gasteiger partial charge in [-0.25, -0.2) is 8.78 Å². The van der Waals surface area contributed by atoms with Crippen molar-refractivity contribution in [2.75, 3.05) is 0 Å². The molecule has 1 aromatic heterocycles. The van der Waals surface area contributed by atoms with Gasteiger partial charge in [-0.15, -0.1) is 11.3 Å². The van der Waals surface area contributed by atoms with Crippen molar-refractivity contribution in [2.45, 2.75) is 50.6 Å². The third-order valence-corrected chi connectivity index (χ3v) is 5.72. The summed E-state index contributed by atoms with van der Waals surface area (Å²) in [5, 5.41) is 11.9. The topological polar surface area (TPSA) is 106 Å². The number of carbonyl (C=O) groups excluding carboxylic acids is 2. The summed E-state index contributed by atoms with van der Waals surface area (Å²) in [4.78, 5) is 23.7. The van der Waals surface area contributed by atoms with E-state index in [9.17, 15) is 23.5 Å². The van der Waals surface area contributed by atoms with Gasteiger partial charge in [0.25, 0.3) is 0 Å². The molecule has 1 saturated carbocycles. The Labute approximate surface area is 149 Å². The second-order valence-corrected chi connectivity index (χ2v) is 7.57. The third-order valence-electron chi connectivity index (χ3n) is 4.78. The fraction of sp³-hybridized carbons (Fsp3) is 0.588. The SMILES string of the molecule is NC(=O)c1ccsc1C[CH]C(O)CC(C(N)=O)C1CCC(F)(F)CC1. The number of hydrogen-bond donors (Lipinski definition) is 3. The predicted octanol–water partition coefficient (Wildman–Crippen LogP) is 2.27. The molecule has 0 bridgehead atoms. The summed E-state index contributed by atoms with van der Waals surface area (Å²) in [7, 11) is 0. The summed E-state index contributed by atoms with van der Waals surface area (Å²) in [5.74, 6) is -4.65. The van der Waals surface area contributed by atoms with Crippen LogP contribution in [0.5, 0.6) is 0 Å². The van der Waals surface area contributed by atoms with Gasteiger partial charge in [0.15, 0.2) is 0 Å². The number of alkyl halides is 2. The molecule has 1 aliphatic carbocycles. The first-order valence-electron chi connectivity index (χ1n) is 8.24. The highest BCUT2D eigenvalue weighted by Gasteiger charge is 2.39. The van der Waals surface area contributed by atoms with E-state index in [1.807, 2.05) is 0 Å². The third kappa shape index (κ3) is 5.47. The van der Waals surface area contributed by atoms with Crippen LogP contribution in [-0.4, -0.2) is 28.9 Å². The van der Waals surface area contributed by atoms with Crippen LogP contribution in [0, 0.1) is 18.3 Å². The number of rotatable bonds is 8. The monoisotopic (exact) mass is 373 g/mol. The lowest BCUT2D eigenvalue weighted by atomic mass is 9.76. The minimum atomic E-state index is -2.67. The molecule has 25 heavy (non-hydrogen) atoms. The number of hydrogen-bond acceptors (Lipinski definition) is 4. The zero-order valence-electron chi connectivity index (χ0n) is 13.8. The molecule has 8 heteroatoms. The van der Waals surface area contributed by atoms with Crippen molar-refractivity contribution in [3.8, 4) is 0 Å². The summed E-state index contributed by atoms with van der Waals surface area (Å²) >= 11 is 1.35. The van der Waals surface area contributed by atoms with Crippen molar-refractivity contribution in [1.82, 2.24) is 0 Å². The van der Waals surface area contributed by atoms with Gasteiger partial charge in [-0.05, 0) is 49.5 Å². The summed E-state index contributed by atoms with van der Waals surface area (Å²) in [6, 6.07) is 1.62. The number of nitrogens with two attached hydrogens (primary N) is 2. The Morgan fingerprint density at radius 2 is 2.00 bits per heavy atom. The first-order valence-corrected chi connectivity index (χ1v) is 9.12. The highest BCUT2D eigenvalue weighted by molar-refractivity contribution is 7.10. The van der Waals surface area contributed by atoms with Crippen LogP contribution in [0.3, 0.4) is 0 Å². The lowest BCUT2D eigenvalue weighted by Crippen LogP contribution is -2.37. The fourth-order valence-electron chi connectivity index (χ4n) is 3.32. The molecule has 5 nitrogen and oxygen atoms in total. The Morgan fingerprint density at radius 1 is 1.36 bits per heavy atom. The number of aliphatic hydroxyl groups excluding tert-OH is 1. The maximum absolute atomic E-state index is 13.3. The molecule has 2 atom stereocenters. The molecule has 1 heterocycles. The minimum absolute atomic E-state index is 0.100. The molecule has 5 N–H and O–H groups in total. The Bertz CT molecular complexity index is 611. The number of aliphatic hydroxyl groups is 1. The molecule has 1 aliphatic rings. The van der Waals surface area contributed by atoms with E-state index in [-0.39, 0.29) is 38.0 Å². The van der Waals surface area contributed by atoms with Gasteiger partial charge in [0.05, 0.1) is 11.7 Å². The van der Waals surface area contributed by atoms with Gasteiger partial charge in [-0.2, -0.15) is 0 Å². The highest BCUT2D eigenvalue weighted by atomic mass is 32.1. The molecule has 1 aromatic rings. The van der Waals surface area contributed by atoms with E-state index in [1.54, 1.807) is 17.9 Å². The minimum Gasteiger partial charge on any atom is -0.393 e. The van der Waals surface area contributed by atoms with E-state index in [2.05, 4.69) is 0 Å². The van der Waals surface area contributed by atoms with Crippen molar-refractivity contribution >= 4 is 23.2 Å². The quantitative estimate of drug-likeness (QED) is 0.651. The first kappa shape index (κ1) is 19.8. The number of carbonyl (C=O) groups is 2. The van der Waals surface area contributed by atoms with Crippen LogP contribution in [0.1, 0.15) is 47.3 Å². The van der Waals surface area contributed by atoms with Crippen LogP contribution in [0.25, 0.3) is 0 Å². The van der Waals surface area contributed by atoms with Crippen LogP contribution < -0.4 is 11.5 Å². The van der Waals surface area contributed by atoms with Gasteiger partial charge in [0, 0.05) is 23.6 Å². The maximum atomic E-state index is 13.3. The molecule has 139 valence electrons.